The number of amides is 1. The Morgan fingerprint density at radius 1 is 1.14 bits per heavy atom. The first-order chi connectivity index (χ1) is 13.6. The van der Waals surface area contributed by atoms with Crippen molar-refractivity contribution in [3.63, 3.8) is 0 Å². The maximum atomic E-state index is 12.9. The van der Waals surface area contributed by atoms with Crippen LogP contribution in [0.1, 0.15) is 18.4 Å². The van der Waals surface area contributed by atoms with E-state index in [-0.39, 0.29) is 11.9 Å². The number of benzene rings is 2. The molecule has 0 radical (unpaired) electrons. The molecule has 0 spiro atoms. The Morgan fingerprint density at radius 2 is 1.89 bits per heavy atom. The molecular weight excluding hydrogens is 352 g/mol. The predicted octanol–water partition coefficient (Wildman–Crippen LogP) is 0.447. The fourth-order valence-electron chi connectivity index (χ4n) is 4.05. The van der Waals surface area contributed by atoms with Crippen LogP contribution < -0.4 is 15.1 Å². The van der Waals surface area contributed by atoms with Crippen LogP contribution in [0.15, 0.2) is 53.1 Å². The molecule has 0 unspecified atom stereocenters. The zero-order chi connectivity index (χ0) is 19.5. The number of hydrogen-bond donors (Lipinski definition) is 3. The highest BCUT2D eigenvalue weighted by Crippen LogP contribution is 2.22. The summed E-state index contributed by atoms with van der Waals surface area (Å²) < 4.78 is 5.16. The molecule has 146 valence electrons. The van der Waals surface area contributed by atoms with Crippen molar-refractivity contribution in [2.24, 2.45) is 0 Å². The van der Waals surface area contributed by atoms with Crippen molar-refractivity contribution in [3.8, 4) is 0 Å². The van der Waals surface area contributed by atoms with Crippen LogP contribution >= 0.6 is 0 Å². The first-order valence-corrected chi connectivity index (χ1v) is 9.99. The SMILES string of the molecule is Cc1cc(C[NH+]2CC[NH+]([C@@H](C)C(=O)Nc3cccc4ccccc34)CC2)no1. The van der Waals surface area contributed by atoms with E-state index in [2.05, 4.69) is 28.7 Å². The molecule has 1 saturated heterocycles. The van der Waals surface area contributed by atoms with Gasteiger partial charge in [0.2, 0.25) is 0 Å². The second kappa shape index (κ2) is 8.12. The van der Waals surface area contributed by atoms with Gasteiger partial charge >= 0.3 is 0 Å². The highest BCUT2D eigenvalue weighted by atomic mass is 16.5. The Bertz CT molecular complexity index is 955. The van der Waals surface area contributed by atoms with Gasteiger partial charge in [0, 0.05) is 17.1 Å². The Morgan fingerprint density at radius 3 is 2.64 bits per heavy atom. The molecule has 1 aliphatic rings. The van der Waals surface area contributed by atoms with E-state index < -0.39 is 0 Å². The van der Waals surface area contributed by atoms with E-state index in [9.17, 15) is 4.79 Å². The number of hydrogen-bond acceptors (Lipinski definition) is 3. The summed E-state index contributed by atoms with van der Waals surface area (Å²) in [6.07, 6.45) is 0. The monoisotopic (exact) mass is 380 g/mol. The average Bonchev–Trinajstić information content (AvgIpc) is 3.13. The Hall–Kier alpha value is -2.70. The van der Waals surface area contributed by atoms with Gasteiger partial charge < -0.3 is 19.6 Å². The minimum absolute atomic E-state index is 0.0742. The molecule has 28 heavy (non-hydrogen) atoms. The van der Waals surface area contributed by atoms with Gasteiger partial charge in [-0.05, 0) is 25.3 Å². The molecule has 6 heteroatoms. The first kappa shape index (κ1) is 18.7. The van der Waals surface area contributed by atoms with Gasteiger partial charge in [-0.2, -0.15) is 0 Å². The first-order valence-electron chi connectivity index (χ1n) is 9.99. The number of fused-ring (bicyclic) bond motifs is 1. The van der Waals surface area contributed by atoms with Gasteiger partial charge in [0.15, 0.2) is 6.04 Å². The summed E-state index contributed by atoms with van der Waals surface area (Å²) in [5.41, 5.74) is 1.90. The highest BCUT2D eigenvalue weighted by molar-refractivity contribution is 6.03. The zero-order valence-electron chi connectivity index (χ0n) is 16.5. The largest absolute Gasteiger partial charge is 0.361 e. The maximum absolute atomic E-state index is 12.9. The van der Waals surface area contributed by atoms with Crippen LogP contribution in [0.3, 0.4) is 0 Å². The van der Waals surface area contributed by atoms with E-state index >= 15 is 0 Å². The number of quaternary nitrogens is 2. The summed E-state index contributed by atoms with van der Waals surface area (Å²) in [4.78, 5) is 15.7. The lowest BCUT2D eigenvalue weighted by atomic mass is 10.1. The number of anilines is 1. The van der Waals surface area contributed by atoms with Crippen LogP contribution in [0.2, 0.25) is 0 Å². The van der Waals surface area contributed by atoms with Gasteiger partial charge in [0.25, 0.3) is 5.91 Å². The summed E-state index contributed by atoms with van der Waals surface area (Å²) in [6, 6.07) is 16.1. The number of aryl methyl sites for hydroxylation is 1. The van der Waals surface area contributed by atoms with Crippen LogP contribution in [0.5, 0.6) is 0 Å². The van der Waals surface area contributed by atoms with Crippen molar-refractivity contribution in [2.45, 2.75) is 26.4 Å². The number of rotatable bonds is 5. The summed E-state index contributed by atoms with van der Waals surface area (Å²) in [5, 5.41) is 9.46. The van der Waals surface area contributed by atoms with Crippen molar-refractivity contribution in [2.75, 3.05) is 31.5 Å². The van der Waals surface area contributed by atoms with Crippen molar-refractivity contribution < 1.29 is 19.1 Å². The molecule has 1 amide bonds. The van der Waals surface area contributed by atoms with E-state index in [0.717, 1.165) is 60.6 Å². The molecule has 0 bridgehead atoms. The lowest BCUT2D eigenvalue weighted by Gasteiger charge is -2.32. The minimum Gasteiger partial charge on any atom is -0.361 e. The smallest absolute Gasteiger partial charge is 0.282 e. The predicted molar refractivity (Wildman–Crippen MR) is 108 cm³/mol. The summed E-state index contributed by atoms with van der Waals surface area (Å²) in [5.74, 6) is 0.944. The molecule has 1 aliphatic heterocycles. The maximum Gasteiger partial charge on any atom is 0.282 e. The molecule has 4 rings (SSSR count). The molecular formula is C22H28N4O2+2. The number of nitrogens with zero attached hydrogens (tertiary/aromatic N) is 1. The average molecular weight is 380 g/mol. The zero-order valence-corrected chi connectivity index (χ0v) is 16.5. The third kappa shape index (κ3) is 4.08. The number of piperazine rings is 1. The highest BCUT2D eigenvalue weighted by Gasteiger charge is 2.31. The topological polar surface area (TPSA) is 64.0 Å². The van der Waals surface area contributed by atoms with Crippen LogP contribution in [0.4, 0.5) is 5.69 Å². The molecule has 6 nitrogen and oxygen atoms in total. The molecule has 1 fully saturated rings. The Labute approximate surface area is 165 Å². The normalized spacial score (nSPS) is 20.8. The second-order valence-corrected chi connectivity index (χ2v) is 7.75. The molecule has 2 heterocycles. The van der Waals surface area contributed by atoms with Gasteiger partial charge in [-0.25, -0.2) is 0 Å². The molecule has 3 aromatic rings. The summed E-state index contributed by atoms with van der Waals surface area (Å²) >= 11 is 0. The van der Waals surface area contributed by atoms with Crippen molar-refractivity contribution in [3.05, 3.63) is 60.0 Å². The third-order valence-corrected chi connectivity index (χ3v) is 5.76. The molecule has 0 saturated carbocycles. The fourth-order valence-corrected chi connectivity index (χ4v) is 4.05. The Kier molecular flexibility index (Phi) is 5.41. The fraction of sp³-hybridized carbons (Fsp3) is 0.364. The molecule has 0 aliphatic carbocycles. The van der Waals surface area contributed by atoms with Crippen LogP contribution in [-0.2, 0) is 11.3 Å². The van der Waals surface area contributed by atoms with Crippen LogP contribution in [0, 0.1) is 6.92 Å². The molecule has 1 atom stereocenters. The summed E-state index contributed by atoms with van der Waals surface area (Å²) in [7, 11) is 0. The quantitative estimate of drug-likeness (QED) is 0.602. The molecule has 2 aromatic carbocycles. The van der Waals surface area contributed by atoms with Gasteiger partial charge in [0.05, 0.1) is 0 Å². The van der Waals surface area contributed by atoms with Gasteiger partial charge in [0.1, 0.15) is 44.2 Å². The van der Waals surface area contributed by atoms with E-state index in [4.69, 9.17) is 4.52 Å². The molecule has 1 aromatic heterocycles. The third-order valence-electron chi connectivity index (χ3n) is 5.76. The summed E-state index contributed by atoms with van der Waals surface area (Å²) in [6.45, 7) is 8.87. The van der Waals surface area contributed by atoms with Gasteiger partial charge in [-0.1, -0.05) is 41.6 Å². The van der Waals surface area contributed by atoms with E-state index in [1.165, 1.54) is 9.80 Å². The van der Waals surface area contributed by atoms with Crippen molar-refractivity contribution in [1.29, 1.82) is 0 Å². The van der Waals surface area contributed by atoms with E-state index in [1.54, 1.807) is 0 Å². The van der Waals surface area contributed by atoms with Gasteiger partial charge in [-0.3, -0.25) is 4.79 Å². The van der Waals surface area contributed by atoms with Crippen molar-refractivity contribution >= 4 is 22.4 Å². The standard InChI is InChI=1S/C22H26N4O2/c1-16-14-19(24-28-16)15-25-10-12-26(13-11-25)17(2)22(27)23-21-9-5-7-18-6-3-4-8-20(18)21/h3-9,14,17H,10-13,15H2,1-2H3,(H,23,27)/p+2/t17-/m0/s1. The van der Waals surface area contributed by atoms with E-state index in [1.807, 2.05) is 44.2 Å². The van der Waals surface area contributed by atoms with Crippen molar-refractivity contribution in [1.82, 2.24) is 5.16 Å². The van der Waals surface area contributed by atoms with Gasteiger partial charge in [-0.15, -0.1) is 0 Å². The number of carbonyl (C=O) groups is 1. The lowest BCUT2D eigenvalue weighted by molar-refractivity contribution is -1.02. The van der Waals surface area contributed by atoms with Crippen LogP contribution in [0.25, 0.3) is 10.8 Å². The minimum atomic E-state index is -0.0742. The van der Waals surface area contributed by atoms with Crippen LogP contribution in [-0.4, -0.2) is 43.3 Å². The lowest BCUT2D eigenvalue weighted by Crippen LogP contribution is -3.29. The second-order valence-electron chi connectivity index (χ2n) is 7.75. The number of aromatic nitrogens is 1. The Balaban J connectivity index is 1.34. The van der Waals surface area contributed by atoms with E-state index in [0.29, 0.717) is 0 Å². The number of carbonyl (C=O) groups excluding carboxylic acids is 1. The number of nitrogens with one attached hydrogen (secondary N) is 3. The molecule has 3 N–H and O–H groups in total.